The summed E-state index contributed by atoms with van der Waals surface area (Å²) < 4.78 is 20.9. The van der Waals surface area contributed by atoms with E-state index in [1.165, 1.54) is 0 Å². The molecule has 1 unspecified atom stereocenters. The summed E-state index contributed by atoms with van der Waals surface area (Å²) in [6, 6.07) is 5.69. The Labute approximate surface area is 197 Å². The number of morpholine rings is 1. The van der Waals surface area contributed by atoms with Crippen molar-refractivity contribution < 1.29 is 9.13 Å². The molecule has 3 aromatic rings. The lowest BCUT2D eigenvalue weighted by Gasteiger charge is -2.26. The molecule has 176 valence electrons. The molecule has 0 aromatic carbocycles. The number of nitrogens with one attached hydrogen (secondary N) is 1. The molecule has 2 fully saturated rings. The molecule has 0 saturated carbocycles. The van der Waals surface area contributed by atoms with Crippen LogP contribution in [0.15, 0.2) is 36.9 Å². The smallest absolute Gasteiger partial charge is 0.227 e. The molecule has 2 aliphatic heterocycles. The Kier molecular flexibility index (Phi) is 6.60. The fourth-order valence-electron chi connectivity index (χ4n) is 4.17. The summed E-state index contributed by atoms with van der Waals surface area (Å²) in [5.41, 5.74) is 2.53. The molecule has 1 atom stereocenters. The van der Waals surface area contributed by atoms with Crippen LogP contribution in [0, 0.1) is 11.3 Å². The van der Waals surface area contributed by atoms with E-state index in [4.69, 9.17) is 4.74 Å². The molecule has 5 heterocycles. The number of rotatable bonds is 7. The van der Waals surface area contributed by atoms with E-state index in [0.29, 0.717) is 41.6 Å². The normalized spacial score (nSPS) is 18.7. The molecule has 2 aliphatic rings. The van der Waals surface area contributed by atoms with Gasteiger partial charge in [0.15, 0.2) is 0 Å². The van der Waals surface area contributed by atoms with Crippen molar-refractivity contribution in [3.05, 3.63) is 42.5 Å². The average molecular weight is 464 g/mol. The zero-order chi connectivity index (χ0) is 23.3. The summed E-state index contributed by atoms with van der Waals surface area (Å²) in [6.45, 7) is 6.00. The first-order chi connectivity index (χ1) is 16.7. The Hall–Kier alpha value is -3.62. The van der Waals surface area contributed by atoms with Crippen LogP contribution in [-0.4, -0.2) is 81.7 Å². The fourth-order valence-corrected chi connectivity index (χ4v) is 4.17. The van der Waals surface area contributed by atoms with Crippen LogP contribution < -0.4 is 10.2 Å². The van der Waals surface area contributed by atoms with Crippen molar-refractivity contribution in [2.24, 2.45) is 0 Å². The quantitative estimate of drug-likeness (QED) is 0.564. The van der Waals surface area contributed by atoms with Gasteiger partial charge in [-0.05, 0) is 18.6 Å². The van der Waals surface area contributed by atoms with E-state index >= 15 is 0 Å². The van der Waals surface area contributed by atoms with Crippen LogP contribution in [0.25, 0.3) is 11.3 Å². The number of nitrogens with zero attached hydrogens (tertiary/aromatic N) is 8. The highest BCUT2D eigenvalue weighted by atomic mass is 19.1. The lowest BCUT2D eigenvalue weighted by molar-refractivity contribution is 0.0360. The van der Waals surface area contributed by atoms with Gasteiger partial charge in [0.1, 0.15) is 18.1 Å². The Balaban J connectivity index is 1.26. The Bertz CT molecular complexity index is 1170. The molecule has 0 spiro atoms. The molecule has 5 rings (SSSR count). The number of anilines is 3. The second kappa shape index (κ2) is 10.1. The molecule has 11 heteroatoms. The first-order valence-electron chi connectivity index (χ1n) is 11.4. The van der Waals surface area contributed by atoms with E-state index in [1.54, 1.807) is 30.7 Å². The third-order valence-corrected chi connectivity index (χ3v) is 6.01. The highest BCUT2D eigenvalue weighted by Crippen LogP contribution is 2.27. The van der Waals surface area contributed by atoms with E-state index < -0.39 is 6.17 Å². The zero-order valence-electron chi connectivity index (χ0n) is 18.8. The summed E-state index contributed by atoms with van der Waals surface area (Å²) >= 11 is 0. The van der Waals surface area contributed by atoms with Gasteiger partial charge in [-0.2, -0.15) is 10.4 Å². The summed E-state index contributed by atoms with van der Waals surface area (Å²) in [6.07, 6.45) is 6.56. The van der Waals surface area contributed by atoms with Crippen molar-refractivity contribution in [3.8, 4) is 17.3 Å². The van der Waals surface area contributed by atoms with E-state index in [0.717, 1.165) is 45.1 Å². The first kappa shape index (κ1) is 22.2. The molecule has 0 radical (unpaired) electrons. The molecular weight excluding hydrogens is 437 g/mol. The number of aromatic nitrogens is 5. The maximum Gasteiger partial charge on any atom is 0.227 e. The Morgan fingerprint density at radius 1 is 1.18 bits per heavy atom. The van der Waals surface area contributed by atoms with Crippen LogP contribution in [-0.2, 0) is 11.3 Å². The largest absolute Gasteiger partial charge is 0.379 e. The van der Waals surface area contributed by atoms with E-state index in [1.807, 2.05) is 15.8 Å². The predicted octanol–water partition coefficient (Wildman–Crippen LogP) is 2.23. The van der Waals surface area contributed by atoms with Gasteiger partial charge in [0.2, 0.25) is 5.95 Å². The summed E-state index contributed by atoms with van der Waals surface area (Å²) in [4.78, 5) is 17.5. The highest BCUT2D eigenvalue weighted by Gasteiger charge is 2.25. The maximum absolute atomic E-state index is 13.6. The molecule has 10 nitrogen and oxygen atoms in total. The minimum atomic E-state index is -0.882. The molecule has 34 heavy (non-hydrogen) atoms. The molecule has 2 saturated heterocycles. The summed E-state index contributed by atoms with van der Waals surface area (Å²) in [5, 5.41) is 17.2. The average Bonchev–Trinajstić information content (AvgIpc) is 3.52. The van der Waals surface area contributed by atoms with Crippen molar-refractivity contribution in [3.63, 3.8) is 0 Å². The van der Waals surface area contributed by atoms with Gasteiger partial charge in [-0.15, -0.1) is 0 Å². The number of hydrogen-bond donors (Lipinski definition) is 1. The number of nitriles is 1. The molecule has 1 N–H and O–H groups in total. The maximum atomic E-state index is 13.6. The SMILES string of the molecule is N#Cc1cc(-c2ccnc(Nc3cnn(CCN4CCOCC4)c3)n2)cnc1N1CCC(F)C1. The predicted molar refractivity (Wildman–Crippen MR) is 124 cm³/mol. The van der Waals surface area contributed by atoms with Crippen molar-refractivity contribution in [2.45, 2.75) is 19.1 Å². The van der Waals surface area contributed by atoms with Crippen molar-refractivity contribution in [1.29, 1.82) is 5.26 Å². The topological polar surface area (TPSA) is 108 Å². The Morgan fingerprint density at radius 3 is 2.85 bits per heavy atom. The van der Waals surface area contributed by atoms with Gasteiger partial charge >= 0.3 is 0 Å². The van der Waals surface area contributed by atoms with Gasteiger partial charge in [0.05, 0.1) is 49.4 Å². The first-order valence-corrected chi connectivity index (χ1v) is 11.4. The zero-order valence-corrected chi connectivity index (χ0v) is 18.8. The third-order valence-electron chi connectivity index (χ3n) is 6.01. The van der Waals surface area contributed by atoms with Crippen LogP contribution in [0.5, 0.6) is 0 Å². The highest BCUT2D eigenvalue weighted by molar-refractivity contribution is 5.67. The van der Waals surface area contributed by atoms with Gasteiger partial charge in [-0.25, -0.2) is 19.3 Å². The molecule has 3 aromatic heterocycles. The second-order valence-electron chi connectivity index (χ2n) is 8.38. The summed E-state index contributed by atoms with van der Waals surface area (Å²) in [5.74, 6) is 0.941. The van der Waals surface area contributed by atoms with Crippen molar-refractivity contribution >= 4 is 17.5 Å². The number of halogens is 1. The van der Waals surface area contributed by atoms with Gasteiger partial charge in [0, 0.05) is 50.3 Å². The number of pyridine rings is 1. The second-order valence-corrected chi connectivity index (χ2v) is 8.38. The molecule has 0 amide bonds. The number of hydrogen-bond acceptors (Lipinski definition) is 9. The lowest BCUT2D eigenvalue weighted by Crippen LogP contribution is -2.38. The standard InChI is InChI=1S/C23H26FN9O/c24-19-2-4-32(15-19)22-17(12-25)11-18(13-27-22)21-1-3-26-23(30-21)29-20-14-28-33(16-20)6-5-31-7-9-34-10-8-31/h1,3,11,13-14,16,19H,2,4-10,15H2,(H,26,29,30). The van der Waals surface area contributed by atoms with Gasteiger partial charge in [-0.3, -0.25) is 9.58 Å². The van der Waals surface area contributed by atoms with E-state index in [-0.39, 0.29) is 6.54 Å². The van der Waals surface area contributed by atoms with Gasteiger partial charge < -0.3 is 15.0 Å². The lowest BCUT2D eigenvalue weighted by atomic mass is 10.1. The van der Waals surface area contributed by atoms with Crippen LogP contribution in [0.4, 0.5) is 21.8 Å². The van der Waals surface area contributed by atoms with E-state index in [2.05, 4.69) is 36.3 Å². The molecule has 0 bridgehead atoms. The minimum absolute atomic E-state index is 0.267. The number of alkyl halides is 1. The molecular formula is C23H26FN9O. The minimum Gasteiger partial charge on any atom is -0.379 e. The van der Waals surface area contributed by atoms with Crippen LogP contribution >= 0.6 is 0 Å². The van der Waals surface area contributed by atoms with Crippen LogP contribution in [0.1, 0.15) is 12.0 Å². The monoisotopic (exact) mass is 463 g/mol. The third kappa shape index (κ3) is 5.13. The van der Waals surface area contributed by atoms with Crippen molar-refractivity contribution in [1.82, 2.24) is 29.6 Å². The molecule has 0 aliphatic carbocycles. The Morgan fingerprint density at radius 2 is 2.06 bits per heavy atom. The van der Waals surface area contributed by atoms with E-state index in [9.17, 15) is 9.65 Å². The fraction of sp³-hybridized carbons (Fsp3) is 0.435. The van der Waals surface area contributed by atoms with Crippen LogP contribution in [0.3, 0.4) is 0 Å². The number of ether oxygens (including phenoxy) is 1. The summed E-state index contributed by atoms with van der Waals surface area (Å²) in [7, 11) is 0. The van der Waals surface area contributed by atoms with Gasteiger partial charge in [0.25, 0.3) is 0 Å². The van der Waals surface area contributed by atoms with Crippen LogP contribution in [0.2, 0.25) is 0 Å². The van der Waals surface area contributed by atoms with Gasteiger partial charge in [-0.1, -0.05) is 0 Å². The van der Waals surface area contributed by atoms with Crippen molar-refractivity contribution in [2.75, 3.05) is 56.2 Å².